The molecule has 6 heteroatoms. The summed E-state index contributed by atoms with van der Waals surface area (Å²) in [5.74, 6) is -0.783. The van der Waals surface area contributed by atoms with Crippen LogP contribution in [-0.2, 0) is 16.4 Å². The first kappa shape index (κ1) is 12.9. The highest BCUT2D eigenvalue weighted by molar-refractivity contribution is 7.90. The van der Waals surface area contributed by atoms with Crippen LogP contribution >= 0.6 is 0 Å². The van der Waals surface area contributed by atoms with E-state index in [1.54, 1.807) is 0 Å². The van der Waals surface area contributed by atoms with Gasteiger partial charge in [-0.15, -0.1) is 0 Å². The number of aliphatic hydroxyl groups is 1. The molecule has 0 bridgehead atoms. The second kappa shape index (κ2) is 5.27. The molecule has 0 saturated heterocycles. The molecule has 16 heavy (non-hydrogen) atoms. The van der Waals surface area contributed by atoms with Gasteiger partial charge in [-0.25, -0.2) is 12.8 Å². The molecule has 0 aliphatic rings. The fourth-order valence-corrected chi connectivity index (χ4v) is 1.45. The van der Waals surface area contributed by atoms with Gasteiger partial charge >= 0.3 is 0 Å². The zero-order valence-electron chi connectivity index (χ0n) is 8.81. The van der Waals surface area contributed by atoms with E-state index in [-0.39, 0.29) is 24.7 Å². The van der Waals surface area contributed by atoms with Crippen LogP contribution in [0.3, 0.4) is 0 Å². The van der Waals surface area contributed by atoms with E-state index in [0.29, 0.717) is 5.56 Å². The first-order valence-electron chi connectivity index (χ1n) is 4.62. The lowest BCUT2D eigenvalue weighted by Crippen LogP contribution is -2.12. The van der Waals surface area contributed by atoms with Gasteiger partial charge < -0.3 is 9.84 Å². The molecule has 1 rings (SSSR count). The van der Waals surface area contributed by atoms with Crippen molar-refractivity contribution in [1.82, 2.24) is 0 Å². The summed E-state index contributed by atoms with van der Waals surface area (Å²) < 4.78 is 39.8. The number of aliphatic hydroxyl groups excluding tert-OH is 1. The number of benzene rings is 1. The molecule has 0 unspecified atom stereocenters. The van der Waals surface area contributed by atoms with Crippen LogP contribution in [0.5, 0.6) is 5.75 Å². The summed E-state index contributed by atoms with van der Waals surface area (Å²) in [6.07, 6.45) is 1.08. The summed E-state index contributed by atoms with van der Waals surface area (Å²) in [5, 5.41) is 8.75. The maximum absolute atomic E-state index is 13.3. The minimum atomic E-state index is -3.11. The lowest BCUT2D eigenvalue weighted by atomic mass is 10.2. The number of sulfone groups is 1. The van der Waals surface area contributed by atoms with E-state index in [1.165, 1.54) is 12.1 Å². The lowest BCUT2D eigenvalue weighted by molar-refractivity contribution is 0.280. The predicted octanol–water partition coefficient (Wildman–Crippen LogP) is 0.741. The highest BCUT2D eigenvalue weighted by atomic mass is 32.2. The van der Waals surface area contributed by atoms with Gasteiger partial charge in [0, 0.05) is 6.26 Å². The van der Waals surface area contributed by atoms with Crippen LogP contribution in [0.2, 0.25) is 0 Å². The summed E-state index contributed by atoms with van der Waals surface area (Å²) in [6, 6.07) is 4.03. The van der Waals surface area contributed by atoms with Crippen molar-refractivity contribution in [3.63, 3.8) is 0 Å². The van der Waals surface area contributed by atoms with Crippen LogP contribution in [0.25, 0.3) is 0 Å². The second-order valence-electron chi connectivity index (χ2n) is 3.40. The molecule has 0 saturated carbocycles. The molecule has 0 aliphatic heterocycles. The Balaban J connectivity index is 2.61. The smallest absolute Gasteiger partial charge is 0.165 e. The van der Waals surface area contributed by atoms with Crippen LogP contribution in [0.1, 0.15) is 5.56 Å². The molecule has 0 aliphatic carbocycles. The third kappa shape index (κ3) is 4.16. The van der Waals surface area contributed by atoms with Gasteiger partial charge in [-0.1, -0.05) is 6.07 Å². The largest absolute Gasteiger partial charge is 0.489 e. The molecule has 0 radical (unpaired) electrons. The van der Waals surface area contributed by atoms with E-state index in [4.69, 9.17) is 9.84 Å². The number of ether oxygens (including phenoxy) is 1. The molecule has 0 heterocycles. The molecule has 0 spiro atoms. The van der Waals surface area contributed by atoms with Gasteiger partial charge in [-0.3, -0.25) is 0 Å². The van der Waals surface area contributed by atoms with Crippen LogP contribution in [0.15, 0.2) is 18.2 Å². The van der Waals surface area contributed by atoms with Gasteiger partial charge in [0.15, 0.2) is 21.4 Å². The van der Waals surface area contributed by atoms with Crippen molar-refractivity contribution in [2.24, 2.45) is 0 Å². The Morgan fingerprint density at radius 3 is 2.62 bits per heavy atom. The SMILES string of the molecule is CS(=O)(=O)CCOc1ccc(CO)cc1F. The van der Waals surface area contributed by atoms with Crippen LogP contribution < -0.4 is 4.74 Å². The van der Waals surface area contributed by atoms with Crippen molar-refractivity contribution < 1.29 is 22.7 Å². The zero-order valence-corrected chi connectivity index (χ0v) is 9.63. The summed E-state index contributed by atoms with van der Waals surface area (Å²) in [5.41, 5.74) is 0.438. The van der Waals surface area contributed by atoms with E-state index >= 15 is 0 Å². The molecule has 0 amide bonds. The summed E-state index contributed by atoms with van der Waals surface area (Å²) in [4.78, 5) is 0. The first-order valence-corrected chi connectivity index (χ1v) is 6.68. The van der Waals surface area contributed by atoms with Gasteiger partial charge in [0.2, 0.25) is 0 Å². The predicted molar refractivity (Wildman–Crippen MR) is 57.5 cm³/mol. The van der Waals surface area contributed by atoms with Gasteiger partial charge in [-0.05, 0) is 17.7 Å². The minimum Gasteiger partial charge on any atom is -0.489 e. The summed E-state index contributed by atoms with van der Waals surface area (Å²) in [6.45, 7) is -0.339. The Morgan fingerprint density at radius 2 is 2.12 bits per heavy atom. The third-order valence-corrected chi connectivity index (χ3v) is 2.80. The number of hydrogen-bond donors (Lipinski definition) is 1. The van der Waals surface area contributed by atoms with Crippen LogP contribution in [0.4, 0.5) is 4.39 Å². The van der Waals surface area contributed by atoms with Crippen molar-refractivity contribution in [1.29, 1.82) is 0 Å². The molecular formula is C10H13FO4S. The first-order chi connectivity index (χ1) is 7.42. The molecule has 4 nitrogen and oxygen atoms in total. The topological polar surface area (TPSA) is 63.6 Å². The minimum absolute atomic E-state index is 0.0131. The van der Waals surface area contributed by atoms with E-state index in [0.717, 1.165) is 12.3 Å². The number of rotatable bonds is 5. The lowest BCUT2D eigenvalue weighted by Gasteiger charge is -2.07. The average molecular weight is 248 g/mol. The standard InChI is InChI=1S/C10H13FO4S/c1-16(13,14)5-4-15-10-3-2-8(7-12)6-9(10)11/h2-3,6,12H,4-5,7H2,1H3. The Bertz CT molecular complexity index is 456. The molecule has 0 atom stereocenters. The van der Waals surface area contributed by atoms with Crippen molar-refractivity contribution in [2.45, 2.75) is 6.61 Å². The van der Waals surface area contributed by atoms with Crippen molar-refractivity contribution >= 4 is 9.84 Å². The molecule has 1 N–H and O–H groups in total. The second-order valence-corrected chi connectivity index (χ2v) is 5.66. The van der Waals surface area contributed by atoms with Crippen molar-refractivity contribution in [3.05, 3.63) is 29.6 Å². The third-order valence-electron chi connectivity index (χ3n) is 1.89. The van der Waals surface area contributed by atoms with E-state index in [9.17, 15) is 12.8 Å². The molecular weight excluding hydrogens is 235 g/mol. The summed E-state index contributed by atoms with van der Waals surface area (Å²) >= 11 is 0. The molecule has 0 aromatic heterocycles. The maximum Gasteiger partial charge on any atom is 0.165 e. The van der Waals surface area contributed by atoms with Gasteiger partial charge in [0.05, 0.1) is 12.4 Å². The zero-order chi connectivity index (χ0) is 12.2. The van der Waals surface area contributed by atoms with Gasteiger partial charge in [-0.2, -0.15) is 0 Å². The van der Waals surface area contributed by atoms with Crippen molar-refractivity contribution in [2.75, 3.05) is 18.6 Å². The van der Waals surface area contributed by atoms with E-state index in [1.807, 2.05) is 0 Å². The molecule has 0 fully saturated rings. The highest BCUT2D eigenvalue weighted by Gasteiger charge is 2.06. The monoisotopic (exact) mass is 248 g/mol. The van der Waals surface area contributed by atoms with Gasteiger partial charge in [0.25, 0.3) is 0 Å². The quantitative estimate of drug-likeness (QED) is 0.834. The van der Waals surface area contributed by atoms with Gasteiger partial charge in [0.1, 0.15) is 6.61 Å². The van der Waals surface area contributed by atoms with Crippen LogP contribution in [0, 0.1) is 5.82 Å². The Kier molecular flexibility index (Phi) is 4.26. The Labute approximate surface area is 93.6 Å². The molecule has 1 aromatic carbocycles. The molecule has 1 aromatic rings. The van der Waals surface area contributed by atoms with Crippen molar-refractivity contribution in [3.8, 4) is 5.75 Å². The normalized spacial score (nSPS) is 11.4. The fraction of sp³-hybridized carbons (Fsp3) is 0.400. The Hall–Kier alpha value is -1.14. The number of hydrogen-bond acceptors (Lipinski definition) is 4. The highest BCUT2D eigenvalue weighted by Crippen LogP contribution is 2.18. The van der Waals surface area contributed by atoms with E-state index < -0.39 is 15.7 Å². The van der Waals surface area contributed by atoms with Crippen LogP contribution in [-0.4, -0.2) is 32.1 Å². The molecule has 90 valence electrons. The Morgan fingerprint density at radius 1 is 1.44 bits per heavy atom. The maximum atomic E-state index is 13.3. The van der Waals surface area contributed by atoms with E-state index in [2.05, 4.69) is 0 Å². The fourth-order valence-electron chi connectivity index (χ4n) is 1.06. The number of halogens is 1. The summed E-state index contributed by atoms with van der Waals surface area (Å²) in [7, 11) is -3.11. The average Bonchev–Trinajstić information content (AvgIpc) is 2.18.